The van der Waals surface area contributed by atoms with E-state index in [4.69, 9.17) is 29.6 Å². The first kappa shape index (κ1) is 14.9. The number of aryl methyl sites for hydroxylation is 1. The molecule has 1 atom stereocenters. The number of benzene rings is 1. The number of rotatable bonds is 5. The van der Waals surface area contributed by atoms with Crippen molar-refractivity contribution in [2.75, 3.05) is 0 Å². The summed E-state index contributed by atoms with van der Waals surface area (Å²) in [5.74, 6) is -0.180. The van der Waals surface area contributed by atoms with Crippen molar-refractivity contribution in [1.29, 1.82) is 0 Å². The van der Waals surface area contributed by atoms with Gasteiger partial charge in [0.25, 0.3) is 5.91 Å². The van der Waals surface area contributed by atoms with E-state index in [1.807, 2.05) is 13.8 Å². The normalized spacial score (nSPS) is 11.9. The molecule has 0 saturated heterocycles. The molecule has 0 aliphatic rings. The summed E-state index contributed by atoms with van der Waals surface area (Å²) in [7, 11) is 0. The number of hydrogen-bond acceptors (Lipinski definition) is 2. The van der Waals surface area contributed by atoms with E-state index in [1.54, 1.807) is 18.2 Å². The summed E-state index contributed by atoms with van der Waals surface area (Å²) in [6, 6.07) is 4.89. The SMILES string of the molecule is CCCC(NC(=O)c1ccc(Cl)c(C)c1)C(N)=S. The zero-order valence-electron chi connectivity index (χ0n) is 10.5. The lowest BCUT2D eigenvalue weighted by Gasteiger charge is -2.16. The van der Waals surface area contributed by atoms with Crippen LogP contribution in [0.25, 0.3) is 0 Å². The second-order valence-corrected chi connectivity index (χ2v) is 5.06. The molecule has 1 unspecified atom stereocenters. The monoisotopic (exact) mass is 284 g/mol. The zero-order valence-corrected chi connectivity index (χ0v) is 12.1. The number of hydrogen-bond donors (Lipinski definition) is 2. The van der Waals surface area contributed by atoms with Crippen molar-refractivity contribution in [2.24, 2.45) is 5.73 Å². The highest BCUT2D eigenvalue weighted by atomic mass is 35.5. The van der Waals surface area contributed by atoms with Gasteiger partial charge in [-0.05, 0) is 37.1 Å². The van der Waals surface area contributed by atoms with E-state index in [0.717, 1.165) is 18.4 Å². The molecular weight excluding hydrogens is 268 g/mol. The summed E-state index contributed by atoms with van der Waals surface area (Å²) >= 11 is 10.9. The van der Waals surface area contributed by atoms with Crippen molar-refractivity contribution in [1.82, 2.24) is 5.32 Å². The largest absolute Gasteiger partial charge is 0.392 e. The van der Waals surface area contributed by atoms with E-state index in [2.05, 4.69) is 5.32 Å². The number of halogens is 1. The van der Waals surface area contributed by atoms with Crippen LogP contribution in [0.2, 0.25) is 5.02 Å². The number of nitrogens with two attached hydrogens (primary N) is 1. The lowest BCUT2D eigenvalue weighted by Crippen LogP contribution is -2.43. The van der Waals surface area contributed by atoms with Crippen LogP contribution >= 0.6 is 23.8 Å². The molecule has 0 aliphatic carbocycles. The van der Waals surface area contributed by atoms with Crippen LogP contribution in [0.4, 0.5) is 0 Å². The maximum atomic E-state index is 12.0. The first-order valence-corrected chi connectivity index (χ1v) is 6.60. The first-order valence-electron chi connectivity index (χ1n) is 5.82. The summed E-state index contributed by atoms with van der Waals surface area (Å²) in [6.45, 7) is 3.88. The Hall–Kier alpha value is -1.13. The van der Waals surface area contributed by atoms with Crippen LogP contribution in [0.15, 0.2) is 18.2 Å². The standard InChI is InChI=1S/C13H17ClN2OS/c1-3-4-11(12(15)18)16-13(17)9-5-6-10(14)8(2)7-9/h5-7,11H,3-4H2,1-2H3,(H2,15,18)(H,16,17). The smallest absolute Gasteiger partial charge is 0.251 e. The van der Waals surface area contributed by atoms with Gasteiger partial charge in [-0.25, -0.2) is 0 Å². The Morgan fingerprint density at radius 3 is 2.72 bits per heavy atom. The van der Waals surface area contributed by atoms with E-state index in [0.29, 0.717) is 15.6 Å². The fourth-order valence-corrected chi connectivity index (χ4v) is 1.90. The van der Waals surface area contributed by atoms with Crippen molar-refractivity contribution in [3.8, 4) is 0 Å². The molecule has 0 aliphatic heterocycles. The number of thiocarbonyl (C=S) groups is 1. The number of nitrogens with one attached hydrogen (secondary N) is 1. The average molecular weight is 285 g/mol. The van der Waals surface area contributed by atoms with Gasteiger partial charge >= 0.3 is 0 Å². The molecule has 0 spiro atoms. The van der Waals surface area contributed by atoms with E-state index in [-0.39, 0.29) is 11.9 Å². The van der Waals surface area contributed by atoms with Crippen molar-refractivity contribution >= 4 is 34.7 Å². The van der Waals surface area contributed by atoms with Crippen LogP contribution in [0.3, 0.4) is 0 Å². The molecule has 1 amide bonds. The minimum absolute atomic E-state index is 0.180. The van der Waals surface area contributed by atoms with Crippen LogP contribution in [0.5, 0.6) is 0 Å². The molecule has 0 heterocycles. The van der Waals surface area contributed by atoms with E-state index in [9.17, 15) is 4.79 Å². The Kier molecular flexibility index (Phi) is 5.56. The third-order valence-electron chi connectivity index (χ3n) is 2.65. The van der Waals surface area contributed by atoms with Gasteiger partial charge in [-0.15, -0.1) is 0 Å². The molecule has 0 aromatic heterocycles. The molecule has 3 nitrogen and oxygen atoms in total. The second kappa shape index (κ2) is 6.71. The van der Waals surface area contributed by atoms with Crippen LogP contribution in [-0.2, 0) is 0 Å². The van der Waals surface area contributed by atoms with Crippen LogP contribution in [0.1, 0.15) is 35.7 Å². The van der Waals surface area contributed by atoms with E-state index < -0.39 is 0 Å². The van der Waals surface area contributed by atoms with Crippen LogP contribution in [-0.4, -0.2) is 16.9 Å². The Labute approximate surface area is 118 Å². The molecule has 0 saturated carbocycles. The van der Waals surface area contributed by atoms with Gasteiger partial charge in [0, 0.05) is 10.6 Å². The topological polar surface area (TPSA) is 55.1 Å². The van der Waals surface area contributed by atoms with Crippen molar-refractivity contribution in [2.45, 2.75) is 32.7 Å². The maximum absolute atomic E-state index is 12.0. The number of carbonyl (C=O) groups excluding carboxylic acids is 1. The fourth-order valence-electron chi connectivity index (χ4n) is 1.60. The van der Waals surface area contributed by atoms with Gasteiger partial charge < -0.3 is 11.1 Å². The summed E-state index contributed by atoms with van der Waals surface area (Å²) in [5, 5.41) is 3.48. The Bertz CT molecular complexity index is 462. The molecule has 1 rings (SSSR count). The molecule has 0 bridgehead atoms. The Balaban J connectivity index is 2.80. The minimum Gasteiger partial charge on any atom is -0.392 e. The molecule has 98 valence electrons. The lowest BCUT2D eigenvalue weighted by molar-refractivity contribution is 0.0945. The highest BCUT2D eigenvalue weighted by molar-refractivity contribution is 7.80. The predicted molar refractivity (Wildman–Crippen MR) is 79.1 cm³/mol. The molecule has 0 fully saturated rings. The Morgan fingerprint density at radius 1 is 1.56 bits per heavy atom. The first-order chi connectivity index (χ1) is 8.45. The number of amides is 1. The van der Waals surface area contributed by atoms with E-state index in [1.165, 1.54) is 0 Å². The maximum Gasteiger partial charge on any atom is 0.251 e. The quantitative estimate of drug-likeness (QED) is 0.818. The highest BCUT2D eigenvalue weighted by Crippen LogP contribution is 2.16. The summed E-state index contributed by atoms with van der Waals surface area (Å²) in [4.78, 5) is 12.3. The molecule has 0 radical (unpaired) electrons. The van der Waals surface area contributed by atoms with E-state index >= 15 is 0 Å². The molecule has 1 aromatic carbocycles. The van der Waals surface area contributed by atoms with Crippen LogP contribution < -0.4 is 11.1 Å². The van der Waals surface area contributed by atoms with Gasteiger partial charge in [0.1, 0.15) is 0 Å². The van der Waals surface area contributed by atoms with Gasteiger partial charge in [-0.2, -0.15) is 0 Å². The summed E-state index contributed by atoms with van der Waals surface area (Å²) in [5.41, 5.74) is 7.03. The molecular formula is C13H17ClN2OS. The predicted octanol–water partition coefficient (Wildman–Crippen LogP) is 2.83. The van der Waals surface area contributed by atoms with Gasteiger partial charge in [0.2, 0.25) is 0 Å². The van der Waals surface area contributed by atoms with Crippen molar-refractivity contribution in [3.05, 3.63) is 34.3 Å². The van der Waals surface area contributed by atoms with Gasteiger partial charge in [-0.1, -0.05) is 37.2 Å². The number of carbonyl (C=O) groups is 1. The third kappa shape index (κ3) is 3.96. The van der Waals surface area contributed by atoms with Crippen molar-refractivity contribution in [3.63, 3.8) is 0 Å². The van der Waals surface area contributed by atoms with Crippen molar-refractivity contribution < 1.29 is 4.79 Å². The van der Waals surface area contributed by atoms with Gasteiger partial charge in [-0.3, -0.25) is 4.79 Å². The van der Waals surface area contributed by atoms with Crippen LogP contribution in [0, 0.1) is 6.92 Å². The molecule has 3 N–H and O–H groups in total. The fraction of sp³-hybridized carbons (Fsp3) is 0.385. The van der Waals surface area contributed by atoms with Gasteiger partial charge in [0.05, 0.1) is 11.0 Å². The van der Waals surface area contributed by atoms with Gasteiger partial charge in [0.15, 0.2) is 0 Å². The summed E-state index contributed by atoms with van der Waals surface area (Å²) < 4.78 is 0. The molecule has 18 heavy (non-hydrogen) atoms. The average Bonchev–Trinajstić information content (AvgIpc) is 2.31. The zero-order chi connectivity index (χ0) is 13.7. The highest BCUT2D eigenvalue weighted by Gasteiger charge is 2.15. The second-order valence-electron chi connectivity index (χ2n) is 4.18. The molecule has 5 heteroatoms. The lowest BCUT2D eigenvalue weighted by atomic mass is 10.1. The Morgan fingerprint density at radius 2 is 2.22 bits per heavy atom. The summed E-state index contributed by atoms with van der Waals surface area (Å²) in [6.07, 6.45) is 1.65. The molecule has 1 aromatic rings. The minimum atomic E-state index is -0.256. The third-order valence-corrected chi connectivity index (χ3v) is 3.35.